The standard InChI is InChI=1S/C25H23N5O3.C23H24N4O4.C22H20Cl2N4O3/c1-30(2)24-18(14-23(31)32)15-26-22(29-24)13-16-7-10-19(11-8-16)27-25(33)21-12-9-17-5-3-4-6-20(17)28-21;1-27(2)22-17(13-21(28)29)14-24-20(26-22)12-15-4-8-18(9-5-15)25-23(30)16-6-10-19(31-3)11-7-16;1-28(2)21-15(11-20(29)30)12-25-19(27-21)9-13-3-6-16(7-4-13)26-22(31)14-5-8-17(23)18(24)10-14/h3-12,15H,13-14H2,1-2H3,(H,27,33)(H,31,32);4-11,14H,12-13H2,1-3H3,(H,25,30)(H,28,29);3-8,10,12H,9,11H2,1-2H3,(H,26,31)(H,29,30). The van der Waals surface area contributed by atoms with Crippen LogP contribution in [0.5, 0.6) is 5.75 Å². The van der Waals surface area contributed by atoms with E-state index in [-0.39, 0.29) is 37.0 Å². The minimum absolute atomic E-state index is 0.129. The molecular formula is C70H67Cl2N13O10. The number of rotatable bonds is 22. The number of halogens is 2. The molecule has 0 spiro atoms. The maximum Gasteiger partial charge on any atom is 0.308 e. The Bertz CT molecular complexity index is 4390. The van der Waals surface area contributed by atoms with Gasteiger partial charge in [0.25, 0.3) is 17.7 Å². The van der Waals surface area contributed by atoms with Crippen LogP contribution >= 0.6 is 23.2 Å². The summed E-state index contributed by atoms with van der Waals surface area (Å²) in [6.07, 6.45) is 5.72. The van der Waals surface area contributed by atoms with Gasteiger partial charge in [-0.1, -0.05) is 83.9 Å². The molecule has 486 valence electrons. The highest BCUT2D eigenvalue weighted by Crippen LogP contribution is 2.26. The zero-order valence-corrected chi connectivity index (χ0v) is 54.3. The molecule has 25 heteroatoms. The van der Waals surface area contributed by atoms with Crippen LogP contribution in [0.4, 0.5) is 34.5 Å². The number of anilines is 6. The molecule has 0 aliphatic carbocycles. The Kier molecular flexibility index (Phi) is 23.9. The van der Waals surface area contributed by atoms with Crippen LogP contribution in [0.25, 0.3) is 10.9 Å². The summed E-state index contributed by atoms with van der Waals surface area (Å²) in [4.78, 5) is 107. The Morgan fingerprint density at radius 3 is 1.19 bits per heavy atom. The molecule has 10 rings (SSSR count). The molecule has 0 saturated carbocycles. The predicted molar refractivity (Wildman–Crippen MR) is 366 cm³/mol. The first-order valence-corrected chi connectivity index (χ1v) is 30.1. The number of benzene rings is 6. The van der Waals surface area contributed by atoms with Crippen LogP contribution < -0.4 is 35.4 Å². The van der Waals surface area contributed by atoms with Crippen molar-refractivity contribution in [2.45, 2.75) is 38.5 Å². The summed E-state index contributed by atoms with van der Waals surface area (Å²) in [6, 6.07) is 45.0. The molecule has 0 unspecified atom stereocenters. The normalized spacial score (nSPS) is 10.6. The fourth-order valence-electron chi connectivity index (χ4n) is 9.42. The molecule has 3 amide bonds. The van der Waals surface area contributed by atoms with E-state index in [1.54, 1.807) is 95.0 Å². The van der Waals surface area contributed by atoms with E-state index in [1.165, 1.54) is 6.07 Å². The maximum absolute atomic E-state index is 12.6. The number of hydrogen-bond donors (Lipinski definition) is 6. The van der Waals surface area contributed by atoms with Gasteiger partial charge in [0.2, 0.25) is 0 Å². The Hall–Kier alpha value is -11.4. The van der Waals surface area contributed by atoms with E-state index in [9.17, 15) is 28.8 Å². The number of carboxylic acid groups (broad SMARTS) is 3. The predicted octanol–water partition coefficient (Wildman–Crippen LogP) is 10.9. The highest BCUT2D eigenvalue weighted by Gasteiger charge is 2.18. The van der Waals surface area contributed by atoms with E-state index in [2.05, 4.69) is 50.8 Å². The van der Waals surface area contributed by atoms with Crippen molar-refractivity contribution in [1.29, 1.82) is 0 Å². The monoisotopic (exact) mass is 1320 g/mol. The number of methoxy groups -OCH3 is 1. The number of aromatic nitrogens is 7. The van der Waals surface area contributed by atoms with Gasteiger partial charge in [0, 0.05) is 130 Å². The van der Waals surface area contributed by atoms with Crippen molar-refractivity contribution in [3.63, 3.8) is 0 Å². The second-order valence-corrected chi connectivity index (χ2v) is 22.8. The fraction of sp³-hybridized carbons (Fsp3) is 0.186. The Morgan fingerprint density at radius 1 is 0.432 bits per heavy atom. The van der Waals surface area contributed by atoms with Crippen molar-refractivity contribution >= 4 is 104 Å². The number of carboxylic acids is 3. The second kappa shape index (κ2) is 32.7. The third kappa shape index (κ3) is 20.3. The summed E-state index contributed by atoms with van der Waals surface area (Å²) in [5.74, 6) is 0.655. The van der Waals surface area contributed by atoms with Gasteiger partial charge in [-0.25, -0.2) is 34.9 Å². The summed E-state index contributed by atoms with van der Waals surface area (Å²) in [5.41, 5.74) is 8.61. The first-order chi connectivity index (χ1) is 45.5. The van der Waals surface area contributed by atoms with Crippen LogP contribution in [0.15, 0.2) is 170 Å². The van der Waals surface area contributed by atoms with E-state index in [0.29, 0.717) is 121 Å². The number of pyridine rings is 1. The van der Waals surface area contributed by atoms with Gasteiger partial charge in [0.05, 0.1) is 41.9 Å². The van der Waals surface area contributed by atoms with Gasteiger partial charge in [0.1, 0.15) is 46.4 Å². The number of aliphatic carboxylic acids is 3. The Balaban J connectivity index is 0.000000183. The highest BCUT2D eigenvalue weighted by atomic mass is 35.5. The number of para-hydroxylation sites is 1. The molecule has 0 fully saturated rings. The molecule has 0 radical (unpaired) electrons. The molecule has 0 saturated heterocycles. The van der Waals surface area contributed by atoms with Crippen LogP contribution in [0, 0.1) is 0 Å². The number of nitrogens with one attached hydrogen (secondary N) is 3. The fourth-order valence-corrected chi connectivity index (χ4v) is 9.72. The molecule has 4 aromatic heterocycles. The van der Waals surface area contributed by atoms with Crippen molar-refractivity contribution in [3.8, 4) is 5.75 Å². The number of fused-ring (bicyclic) bond motifs is 1. The van der Waals surface area contributed by atoms with Gasteiger partial charge in [-0.3, -0.25) is 28.8 Å². The summed E-state index contributed by atoms with van der Waals surface area (Å²) in [6.45, 7) is 0. The number of hydrogen-bond acceptors (Lipinski definition) is 17. The number of carbonyl (C=O) groups excluding carboxylic acids is 3. The SMILES string of the molecule is CN(C)c1nc(Cc2ccc(NC(=O)c3ccc(Cl)c(Cl)c3)cc2)ncc1CC(=O)O.CN(C)c1nc(Cc2ccc(NC(=O)c3ccc4ccccc4n3)cc2)ncc1CC(=O)O.COc1ccc(C(=O)Nc2ccc(Cc3ncc(CC(=O)O)c(N(C)C)n3)cc2)cc1. The topological polar surface area (TPSA) is 308 Å². The smallest absolute Gasteiger partial charge is 0.308 e. The number of amides is 3. The number of nitrogens with zero attached hydrogens (tertiary/aromatic N) is 10. The van der Waals surface area contributed by atoms with Gasteiger partial charge in [-0.15, -0.1) is 0 Å². The van der Waals surface area contributed by atoms with Crippen LogP contribution in [-0.4, -0.2) is 135 Å². The van der Waals surface area contributed by atoms with E-state index in [4.69, 9.17) is 43.3 Å². The van der Waals surface area contributed by atoms with E-state index >= 15 is 0 Å². The quantitative estimate of drug-likeness (QED) is 0.0367. The third-order valence-corrected chi connectivity index (χ3v) is 14.8. The molecule has 0 atom stereocenters. The van der Waals surface area contributed by atoms with Crippen LogP contribution in [0.1, 0.15) is 82.1 Å². The Morgan fingerprint density at radius 2 is 0.811 bits per heavy atom. The molecule has 10 aromatic rings. The van der Waals surface area contributed by atoms with Crippen molar-refractivity contribution < 1.29 is 48.8 Å². The van der Waals surface area contributed by atoms with Gasteiger partial charge in [0.15, 0.2) is 0 Å². The maximum atomic E-state index is 12.6. The lowest BCUT2D eigenvalue weighted by molar-refractivity contribution is -0.137. The molecule has 6 aromatic carbocycles. The minimum atomic E-state index is -0.932. The third-order valence-electron chi connectivity index (χ3n) is 14.1. The lowest BCUT2D eigenvalue weighted by Gasteiger charge is -2.16. The first kappa shape index (κ1) is 69.5. The van der Waals surface area contributed by atoms with Crippen molar-refractivity contribution in [2.24, 2.45) is 0 Å². The molecule has 0 bridgehead atoms. The average molecular weight is 1320 g/mol. The second-order valence-electron chi connectivity index (χ2n) is 22.0. The largest absolute Gasteiger partial charge is 0.497 e. The van der Waals surface area contributed by atoms with Crippen molar-refractivity contribution in [1.82, 2.24) is 34.9 Å². The van der Waals surface area contributed by atoms with Gasteiger partial charge in [-0.2, -0.15) is 0 Å². The number of ether oxygens (including phenoxy) is 1. The average Bonchev–Trinajstić information content (AvgIpc) is 0.985. The van der Waals surface area contributed by atoms with Gasteiger partial charge in [-0.05, 0) is 108 Å². The Labute approximate surface area is 557 Å². The molecular weight excluding hydrogens is 1250 g/mol. The number of carbonyl (C=O) groups is 6. The summed E-state index contributed by atoms with van der Waals surface area (Å²) in [5, 5.41) is 37.4. The molecule has 95 heavy (non-hydrogen) atoms. The van der Waals surface area contributed by atoms with Crippen LogP contribution in [-0.2, 0) is 52.9 Å². The van der Waals surface area contributed by atoms with Crippen LogP contribution in [0.3, 0.4) is 0 Å². The minimum Gasteiger partial charge on any atom is -0.497 e. The first-order valence-electron chi connectivity index (χ1n) is 29.3. The summed E-state index contributed by atoms with van der Waals surface area (Å²) < 4.78 is 5.10. The van der Waals surface area contributed by atoms with Crippen LogP contribution in [0.2, 0.25) is 10.0 Å². The molecule has 0 aliphatic heterocycles. The highest BCUT2D eigenvalue weighted by molar-refractivity contribution is 6.42. The zero-order chi connectivity index (χ0) is 68.3. The zero-order valence-electron chi connectivity index (χ0n) is 52.8. The van der Waals surface area contributed by atoms with Gasteiger partial charge < -0.3 is 50.7 Å². The molecule has 23 nitrogen and oxygen atoms in total. The molecule has 4 heterocycles. The summed E-state index contributed by atoms with van der Waals surface area (Å²) in [7, 11) is 12.5. The lowest BCUT2D eigenvalue weighted by atomic mass is 10.1. The van der Waals surface area contributed by atoms with E-state index in [1.807, 2.05) is 133 Å². The van der Waals surface area contributed by atoms with E-state index in [0.717, 1.165) is 27.6 Å². The summed E-state index contributed by atoms with van der Waals surface area (Å²) >= 11 is 11.9. The van der Waals surface area contributed by atoms with E-state index < -0.39 is 17.9 Å². The van der Waals surface area contributed by atoms with Crippen molar-refractivity contribution in [2.75, 3.05) is 80.0 Å². The molecule has 0 aliphatic rings. The molecule has 6 N–H and O–H groups in total. The van der Waals surface area contributed by atoms with Crippen molar-refractivity contribution in [3.05, 3.63) is 248 Å². The lowest BCUT2D eigenvalue weighted by Crippen LogP contribution is -2.17. The van der Waals surface area contributed by atoms with Gasteiger partial charge >= 0.3 is 17.9 Å².